The second-order valence-electron chi connectivity index (χ2n) is 4.37. The summed E-state index contributed by atoms with van der Waals surface area (Å²) in [6.07, 6.45) is 3.13. The maximum absolute atomic E-state index is 5.75. The zero-order valence-electron chi connectivity index (χ0n) is 9.73. The molecule has 0 aliphatic carbocycles. The summed E-state index contributed by atoms with van der Waals surface area (Å²) >= 11 is 0. The lowest BCUT2D eigenvalue weighted by Gasteiger charge is -2.35. The molecule has 6 heteroatoms. The normalized spacial score (nSPS) is 12.0. The van der Waals surface area contributed by atoms with Gasteiger partial charge >= 0.3 is 0 Å². The Hall–Kier alpha value is -1.69. The second-order valence-corrected chi connectivity index (χ2v) is 4.37. The van der Waals surface area contributed by atoms with E-state index in [-0.39, 0.29) is 5.54 Å². The van der Waals surface area contributed by atoms with E-state index >= 15 is 0 Å². The van der Waals surface area contributed by atoms with Crippen molar-refractivity contribution >= 4 is 17.0 Å². The fourth-order valence-corrected chi connectivity index (χ4v) is 1.43. The average Bonchev–Trinajstić information content (AvgIpc) is 2.75. The highest BCUT2D eigenvalue weighted by molar-refractivity contribution is 5.82. The van der Waals surface area contributed by atoms with Crippen molar-refractivity contribution in [2.45, 2.75) is 19.4 Å². The van der Waals surface area contributed by atoms with Crippen LogP contribution in [0.1, 0.15) is 13.8 Å². The number of rotatable bonds is 3. The van der Waals surface area contributed by atoms with E-state index < -0.39 is 0 Å². The summed E-state index contributed by atoms with van der Waals surface area (Å²) in [7, 11) is 1.97. The maximum Gasteiger partial charge on any atom is 0.182 e. The Bertz CT molecular complexity index is 489. The van der Waals surface area contributed by atoms with Gasteiger partial charge < -0.3 is 15.6 Å². The van der Waals surface area contributed by atoms with Gasteiger partial charge in [-0.3, -0.25) is 0 Å². The summed E-state index contributed by atoms with van der Waals surface area (Å²) in [5, 5.41) is 0. The van der Waals surface area contributed by atoms with Crippen molar-refractivity contribution in [3.05, 3.63) is 12.7 Å². The molecule has 0 fully saturated rings. The predicted octanol–water partition coefficient (Wildman–Crippen LogP) is 0.526. The third-order valence-electron chi connectivity index (χ3n) is 2.93. The van der Waals surface area contributed by atoms with Gasteiger partial charge in [0.2, 0.25) is 0 Å². The van der Waals surface area contributed by atoms with Crippen molar-refractivity contribution in [1.29, 1.82) is 0 Å². The molecule has 2 aromatic rings. The first kappa shape index (κ1) is 10.8. The highest BCUT2D eigenvalue weighted by Crippen LogP contribution is 2.24. The number of likely N-dealkylation sites (N-methyl/N-ethyl adjacent to an activating group) is 1. The van der Waals surface area contributed by atoms with Gasteiger partial charge in [0.25, 0.3) is 0 Å². The van der Waals surface area contributed by atoms with Crippen molar-refractivity contribution in [2.24, 2.45) is 5.73 Å². The number of H-pyrrole nitrogens is 1. The number of anilines is 1. The SMILES string of the molecule is CN(c1ncnc2nc[nH]c12)C(C)(C)CN. The summed E-state index contributed by atoms with van der Waals surface area (Å²) in [5.74, 6) is 0.818. The molecular formula is C10H16N6. The van der Waals surface area contributed by atoms with Crippen molar-refractivity contribution in [1.82, 2.24) is 19.9 Å². The largest absolute Gasteiger partial charge is 0.351 e. The summed E-state index contributed by atoms with van der Waals surface area (Å²) in [5.41, 5.74) is 7.10. The molecule has 0 bridgehead atoms. The Morgan fingerprint density at radius 3 is 2.81 bits per heavy atom. The molecule has 0 spiro atoms. The van der Waals surface area contributed by atoms with E-state index in [1.807, 2.05) is 11.9 Å². The van der Waals surface area contributed by atoms with Gasteiger partial charge in [0.15, 0.2) is 11.5 Å². The molecule has 2 aromatic heterocycles. The van der Waals surface area contributed by atoms with Crippen LogP contribution in [0.25, 0.3) is 11.2 Å². The van der Waals surface area contributed by atoms with Gasteiger partial charge in [-0.25, -0.2) is 15.0 Å². The first-order valence-corrected chi connectivity index (χ1v) is 5.14. The van der Waals surface area contributed by atoms with Gasteiger partial charge in [0.1, 0.15) is 11.8 Å². The number of nitrogens with two attached hydrogens (primary N) is 1. The first-order chi connectivity index (χ1) is 7.56. The van der Waals surface area contributed by atoms with E-state index in [4.69, 9.17) is 5.73 Å². The summed E-state index contributed by atoms with van der Waals surface area (Å²) < 4.78 is 0. The number of hydrogen-bond acceptors (Lipinski definition) is 5. The smallest absolute Gasteiger partial charge is 0.182 e. The Morgan fingerprint density at radius 2 is 2.12 bits per heavy atom. The summed E-state index contributed by atoms with van der Waals surface area (Å²) in [6, 6.07) is 0. The highest BCUT2D eigenvalue weighted by Gasteiger charge is 2.24. The lowest BCUT2D eigenvalue weighted by Crippen LogP contribution is -2.47. The van der Waals surface area contributed by atoms with Crippen LogP contribution in [-0.4, -0.2) is 39.1 Å². The van der Waals surface area contributed by atoms with Crippen LogP contribution >= 0.6 is 0 Å². The minimum atomic E-state index is -0.160. The molecule has 2 heterocycles. The number of fused-ring (bicyclic) bond motifs is 1. The molecule has 86 valence electrons. The van der Waals surface area contributed by atoms with Gasteiger partial charge in [-0.1, -0.05) is 0 Å². The van der Waals surface area contributed by atoms with Crippen LogP contribution in [0.4, 0.5) is 5.82 Å². The fourth-order valence-electron chi connectivity index (χ4n) is 1.43. The molecule has 0 aliphatic rings. The molecule has 0 aliphatic heterocycles. The number of nitrogens with zero attached hydrogens (tertiary/aromatic N) is 4. The number of aromatic amines is 1. The van der Waals surface area contributed by atoms with E-state index in [1.54, 1.807) is 6.33 Å². The summed E-state index contributed by atoms with van der Waals surface area (Å²) in [4.78, 5) is 17.6. The number of nitrogens with one attached hydrogen (secondary N) is 1. The molecule has 16 heavy (non-hydrogen) atoms. The second kappa shape index (κ2) is 3.71. The van der Waals surface area contributed by atoms with Crippen LogP contribution in [0.5, 0.6) is 0 Å². The molecule has 0 saturated carbocycles. The van der Waals surface area contributed by atoms with E-state index in [1.165, 1.54) is 6.33 Å². The minimum absolute atomic E-state index is 0.160. The molecule has 0 aromatic carbocycles. The Morgan fingerprint density at radius 1 is 1.38 bits per heavy atom. The maximum atomic E-state index is 5.75. The van der Waals surface area contributed by atoms with Crippen LogP contribution in [0.2, 0.25) is 0 Å². The lowest BCUT2D eigenvalue weighted by atomic mass is 10.0. The standard InChI is InChI=1S/C10H16N6/c1-10(2,4-11)16(3)9-7-8(13-5-12-7)14-6-15-9/h5-6H,4,11H2,1-3H3,(H,12,13,14,15). The fraction of sp³-hybridized carbons (Fsp3) is 0.500. The van der Waals surface area contributed by atoms with Crippen LogP contribution < -0.4 is 10.6 Å². The van der Waals surface area contributed by atoms with Crippen LogP contribution in [-0.2, 0) is 0 Å². The first-order valence-electron chi connectivity index (χ1n) is 5.14. The van der Waals surface area contributed by atoms with Crippen LogP contribution in [0.15, 0.2) is 12.7 Å². The average molecular weight is 220 g/mol. The molecule has 0 saturated heterocycles. The van der Waals surface area contributed by atoms with Crippen molar-refractivity contribution in [3.63, 3.8) is 0 Å². The van der Waals surface area contributed by atoms with Gasteiger partial charge in [-0.05, 0) is 13.8 Å². The number of hydrogen-bond donors (Lipinski definition) is 2. The van der Waals surface area contributed by atoms with Crippen LogP contribution in [0, 0.1) is 0 Å². The minimum Gasteiger partial charge on any atom is -0.351 e. The molecule has 0 radical (unpaired) electrons. The zero-order chi connectivity index (χ0) is 11.8. The number of aromatic nitrogens is 4. The third kappa shape index (κ3) is 1.61. The zero-order valence-corrected chi connectivity index (χ0v) is 9.73. The highest BCUT2D eigenvalue weighted by atomic mass is 15.2. The molecular weight excluding hydrogens is 204 g/mol. The Labute approximate surface area is 93.9 Å². The third-order valence-corrected chi connectivity index (χ3v) is 2.93. The number of imidazole rings is 1. The Balaban J connectivity index is 2.51. The molecule has 0 amide bonds. The summed E-state index contributed by atoms with van der Waals surface area (Å²) in [6.45, 7) is 4.68. The van der Waals surface area contributed by atoms with E-state index in [0.717, 1.165) is 11.3 Å². The van der Waals surface area contributed by atoms with Crippen molar-refractivity contribution in [2.75, 3.05) is 18.5 Å². The molecule has 0 unspecified atom stereocenters. The Kier molecular flexibility index (Phi) is 2.51. The molecule has 6 nitrogen and oxygen atoms in total. The van der Waals surface area contributed by atoms with E-state index in [9.17, 15) is 0 Å². The van der Waals surface area contributed by atoms with Crippen molar-refractivity contribution < 1.29 is 0 Å². The predicted molar refractivity (Wildman–Crippen MR) is 63.2 cm³/mol. The van der Waals surface area contributed by atoms with Gasteiger partial charge in [-0.2, -0.15) is 0 Å². The molecule has 2 rings (SSSR count). The van der Waals surface area contributed by atoms with Crippen LogP contribution in [0.3, 0.4) is 0 Å². The van der Waals surface area contributed by atoms with E-state index in [0.29, 0.717) is 12.2 Å². The molecule has 3 N–H and O–H groups in total. The quantitative estimate of drug-likeness (QED) is 0.788. The van der Waals surface area contributed by atoms with Gasteiger partial charge in [-0.15, -0.1) is 0 Å². The van der Waals surface area contributed by atoms with Crippen molar-refractivity contribution in [3.8, 4) is 0 Å². The monoisotopic (exact) mass is 220 g/mol. The van der Waals surface area contributed by atoms with Gasteiger partial charge in [0, 0.05) is 19.1 Å². The molecule has 0 atom stereocenters. The lowest BCUT2D eigenvalue weighted by molar-refractivity contribution is 0.495. The van der Waals surface area contributed by atoms with Gasteiger partial charge in [0.05, 0.1) is 6.33 Å². The van der Waals surface area contributed by atoms with E-state index in [2.05, 4.69) is 33.8 Å². The topological polar surface area (TPSA) is 83.7 Å².